The highest BCUT2D eigenvalue weighted by Crippen LogP contribution is 2.53. The average molecular weight is 1710 g/mol. The molecule has 0 saturated heterocycles. The Bertz CT molecular complexity index is 5340. The van der Waals surface area contributed by atoms with Gasteiger partial charge in [0.25, 0.3) is 6.47 Å². The van der Waals surface area contributed by atoms with E-state index in [0.717, 1.165) is 17.1 Å². The number of ether oxygens (including phenoxy) is 2. The summed E-state index contributed by atoms with van der Waals surface area (Å²) in [5.74, 6) is -1.91. The van der Waals surface area contributed by atoms with Gasteiger partial charge in [-0.2, -0.15) is 9.15 Å². The molecule has 0 atom stereocenters. The van der Waals surface area contributed by atoms with Gasteiger partial charge < -0.3 is 96.7 Å². The summed E-state index contributed by atoms with van der Waals surface area (Å²) in [6, 6.07) is 70.8. The number of fused-ring (bicyclic) bond motifs is 18. The van der Waals surface area contributed by atoms with Gasteiger partial charge in [0.2, 0.25) is 17.1 Å². The highest BCUT2D eigenvalue weighted by molar-refractivity contribution is 6.20. The molecule has 4 heterocycles. The van der Waals surface area contributed by atoms with E-state index in [9.17, 15) is 24.3 Å². The van der Waals surface area contributed by atoms with Gasteiger partial charge in [-0.1, -0.05) is 178 Å². The number of carbonyl (C=O) groups is 4. The molecule has 0 unspecified atom stereocenters. The van der Waals surface area contributed by atoms with Gasteiger partial charge in [0.15, 0.2) is 23.7 Å². The molecule has 528 valence electrons. The molecule has 0 aromatic heterocycles. The predicted molar refractivity (Wildman–Crippen MR) is 411 cm³/mol. The summed E-state index contributed by atoms with van der Waals surface area (Å²) in [6.45, 7) is 24.8. The van der Waals surface area contributed by atoms with Crippen molar-refractivity contribution >= 4 is 135 Å². The van der Waals surface area contributed by atoms with Crippen molar-refractivity contribution in [1.29, 1.82) is 0 Å². The summed E-state index contributed by atoms with van der Waals surface area (Å²) in [5.41, 5.74) is 15.7. The topological polar surface area (TPSA) is 131 Å². The van der Waals surface area contributed by atoms with E-state index in [1.165, 1.54) is 135 Å². The van der Waals surface area contributed by atoms with E-state index in [0.29, 0.717) is 26.2 Å². The monoisotopic (exact) mass is 1710 g/mol. The molecule has 0 aliphatic carbocycles. The van der Waals surface area contributed by atoms with Gasteiger partial charge in [-0.05, 0) is 143 Å². The van der Waals surface area contributed by atoms with Gasteiger partial charge in [0, 0.05) is 90.9 Å². The number of carboxylic acid groups (broad SMARTS) is 1. The lowest BCUT2D eigenvalue weighted by molar-refractivity contribution is -0.440. The quantitative estimate of drug-likeness (QED) is 0.0234. The number of para-hydroxylation sites is 1. The summed E-state index contributed by atoms with van der Waals surface area (Å²) in [4.78, 5) is 44.2. The summed E-state index contributed by atoms with van der Waals surface area (Å²) in [7, 11) is 4.38. The Balaban J connectivity index is 0.000000178. The molecule has 11 aromatic carbocycles. The van der Waals surface area contributed by atoms with Crippen molar-refractivity contribution in [2.45, 2.75) is 104 Å². The molecule has 0 radical (unpaired) electrons. The number of esters is 2. The molecule has 0 amide bonds. The van der Waals surface area contributed by atoms with E-state index in [-0.39, 0.29) is 100 Å². The number of rotatable bonds is 12. The van der Waals surface area contributed by atoms with Crippen LogP contribution in [-0.2, 0) is 50.3 Å². The molecule has 103 heavy (non-hydrogen) atoms. The van der Waals surface area contributed by atoms with E-state index < -0.39 is 17.9 Å². The molecular formula is C88H88I3N5O7. The molecule has 2 N–H and O–H groups in total. The third kappa shape index (κ3) is 14.7. The van der Waals surface area contributed by atoms with Crippen LogP contribution < -0.4 is 82.1 Å². The van der Waals surface area contributed by atoms with Crippen LogP contribution in [0.3, 0.4) is 0 Å². The highest BCUT2D eigenvalue weighted by Gasteiger charge is 2.48. The van der Waals surface area contributed by atoms with Crippen molar-refractivity contribution in [3.8, 4) is 0 Å². The second kappa shape index (κ2) is 32.0. The summed E-state index contributed by atoms with van der Waals surface area (Å²) >= 11 is 0. The molecule has 15 rings (SSSR count). The Morgan fingerprint density at radius 2 is 0.942 bits per heavy atom. The second-order valence-electron chi connectivity index (χ2n) is 28.2. The number of allylic oxidation sites excluding steroid dienone is 5. The van der Waals surface area contributed by atoms with Crippen LogP contribution >= 0.6 is 0 Å². The number of hydrogen-bond acceptors (Lipinski definition) is 8. The number of benzene rings is 11. The van der Waals surface area contributed by atoms with Crippen molar-refractivity contribution in [3.63, 3.8) is 0 Å². The molecule has 11 aromatic rings. The zero-order valence-electron chi connectivity index (χ0n) is 60.7. The predicted octanol–water partition coefficient (Wildman–Crippen LogP) is 10.0. The van der Waals surface area contributed by atoms with Crippen molar-refractivity contribution in [1.82, 2.24) is 0 Å². The van der Waals surface area contributed by atoms with Crippen molar-refractivity contribution in [2.24, 2.45) is 0 Å². The Kier molecular flexibility index (Phi) is 24.3. The number of carbonyl (C=O) groups excluding carboxylic acids is 3. The lowest BCUT2D eigenvalue weighted by atomic mass is 9.77. The molecule has 15 heteroatoms. The zero-order valence-corrected chi connectivity index (χ0v) is 67.1. The molecule has 12 nitrogen and oxygen atoms in total. The van der Waals surface area contributed by atoms with Crippen LogP contribution in [0.15, 0.2) is 236 Å². The van der Waals surface area contributed by atoms with Gasteiger partial charge in [-0.3, -0.25) is 19.2 Å². The smallest absolute Gasteiger partial charge is 0.310 e. The third-order valence-corrected chi connectivity index (χ3v) is 20.8. The standard InChI is InChI=1S/C39H36N2O2.C25H24N2O2.C20H20N.C4H6O3.3HI/c1-38(2)32(40(5)37-30-18-11-9-16-28(30)27-15-8-10-17-29(27)36(37)38)19-12-20-33-39(3,4)35-26-14-7-6-13-25(26)21-22-31(35)41(33)24-23-34(42)43;1-25(2)23(14-15-26-20-9-4-3-5-10-20)27(16-17-29-18-28)22-13-12-19-8-6-7-11-21(19)24(22)25;1-13-20(2,3)18-16-11-7-5-9-14(16)15-10-6-8-12-17(15)19(18)21(13)4;1-3(5)7-4(2)6;;;/h6-22H,23-24H2,1-5H3;3-15,18H,16-17H2,1-2H3;5-12H,1-4H3;1-2H3;3*1H/q;;+1;;;;/p-1. The van der Waals surface area contributed by atoms with Crippen LogP contribution in [0.1, 0.15) is 105 Å². The lowest BCUT2D eigenvalue weighted by Crippen LogP contribution is -3.00. The molecule has 4 aliphatic rings. The number of carboxylic acids is 1. The number of halogens is 3. The lowest BCUT2D eigenvalue weighted by Gasteiger charge is -2.26. The summed E-state index contributed by atoms with van der Waals surface area (Å²) < 4.78 is 16.0. The zero-order chi connectivity index (χ0) is 71.0. The highest BCUT2D eigenvalue weighted by atomic mass is 127. The fraction of sp³-hybridized carbons (Fsp3) is 0.239. The van der Waals surface area contributed by atoms with Crippen LogP contribution in [-0.4, -0.2) is 94.1 Å². The number of aliphatic carboxylic acids is 1. The Hall–Kier alpha value is -8.92. The first kappa shape index (κ1) is 78.2. The van der Waals surface area contributed by atoms with Gasteiger partial charge >= 0.3 is 17.9 Å². The fourth-order valence-corrected chi connectivity index (χ4v) is 16.1. The minimum atomic E-state index is -0.788. The fourth-order valence-electron chi connectivity index (χ4n) is 16.1. The molecule has 0 spiro atoms. The largest absolute Gasteiger partial charge is 1.00 e. The van der Waals surface area contributed by atoms with Gasteiger partial charge in [0.1, 0.15) is 20.7 Å². The first-order chi connectivity index (χ1) is 47.9. The summed E-state index contributed by atoms with van der Waals surface area (Å²) in [5, 5.41) is 28.4. The van der Waals surface area contributed by atoms with Gasteiger partial charge in [-0.15, -0.1) is 0 Å². The van der Waals surface area contributed by atoms with Crippen LogP contribution in [0.2, 0.25) is 0 Å². The van der Waals surface area contributed by atoms with Gasteiger partial charge in [0.05, 0.1) is 33.4 Å². The van der Waals surface area contributed by atoms with Crippen molar-refractivity contribution in [2.75, 3.05) is 44.0 Å². The van der Waals surface area contributed by atoms with E-state index in [1.807, 2.05) is 36.5 Å². The molecule has 0 saturated carbocycles. The number of anilines is 2. The first-order valence-electron chi connectivity index (χ1n) is 34.3. The van der Waals surface area contributed by atoms with Crippen LogP contribution in [0.25, 0.3) is 64.6 Å². The molecular weight excluding hydrogens is 1620 g/mol. The minimum Gasteiger partial charge on any atom is -1.00 e. The maximum Gasteiger partial charge on any atom is 0.310 e. The Labute approximate surface area is 655 Å². The number of hydrogen-bond donors (Lipinski definition) is 2. The maximum absolute atomic E-state index is 11.7. The van der Waals surface area contributed by atoms with E-state index >= 15 is 0 Å². The first-order valence-corrected chi connectivity index (χ1v) is 34.3. The Morgan fingerprint density at radius 3 is 1.46 bits per heavy atom. The van der Waals surface area contributed by atoms with Crippen molar-refractivity contribution in [3.05, 3.63) is 259 Å². The number of nitrogens with one attached hydrogen (secondary N) is 1. The van der Waals surface area contributed by atoms with E-state index in [4.69, 9.17) is 4.74 Å². The molecule has 0 bridgehead atoms. The van der Waals surface area contributed by atoms with Crippen LogP contribution in [0.5, 0.6) is 0 Å². The normalized spacial score (nSPS) is 15.7. The van der Waals surface area contributed by atoms with E-state index in [2.05, 4.69) is 299 Å². The third-order valence-electron chi connectivity index (χ3n) is 20.8. The Morgan fingerprint density at radius 1 is 0.495 bits per heavy atom. The average Bonchev–Trinajstić information content (AvgIpc) is 1.60. The van der Waals surface area contributed by atoms with Crippen LogP contribution in [0, 0.1) is 0 Å². The second-order valence-corrected chi connectivity index (χ2v) is 28.2. The van der Waals surface area contributed by atoms with E-state index in [1.54, 1.807) is 0 Å². The molecule has 0 fully saturated rings. The minimum absolute atomic E-state index is 0. The van der Waals surface area contributed by atoms with Crippen LogP contribution in [0.4, 0.5) is 28.4 Å². The summed E-state index contributed by atoms with van der Waals surface area (Å²) in [6.07, 6.45) is 10.8. The maximum atomic E-state index is 11.7. The van der Waals surface area contributed by atoms with Gasteiger partial charge in [-0.25, -0.2) is 4.58 Å². The number of nitrogens with zero attached hydrogens (tertiary/aromatic N) is 4. The van der Waals surface area contributed by atoms with Crippen molar-refractivity contribution < 1.29 is 119 Å². The SMILES string of the molecule is CC(=O)OC(C)=O.CC1(C)C(/C=C/Nc2ccccc2)=[N+](CCOC=O)c2ccc3ccccc3c21.CC1=[N+](C)c2c(c3ccccc3c3ccccc23)C1(C)C.C[N+]1=C(/C=C/C=C2/N(CCC(=O)O)c3ccc4ccccc4c3C2(C)C)C(C)(C)c2c1c1ccccc1c1ccccc21.[I-].[I-].[I-]. The molecule has 4 aliphatic heterocycles.